The van der Waals surface area contributed by atoms with Crippen LogP contribution in [0.1, 0.15) is 89.5 Å². The molecular weight excluding hydrogens is 751 g/mol. The first-order chi connectivity index (χ1) is 26.8. The summed E-state index contributed by atoms with van der Waals surface area (Å²) >= 11 is 0. The highest BCUT2D eigenvalue weighted by Crippen LogP contribution is 2.42. The summed E-state index contributed by atoms with van der Waals surface area (Å²) in [5.74, 6) is -1.84. The van der Waals surface area contributed by atoms with E-state index in [-0.39, 0.29) is 66.1 Å². The van der Waals surface area contributed by atoms with Crippen molar-refractivity contribution in [2.24, 2.45) is 4.99 Å². The molecule has 1 radical (unpaired) electrons. The summed E-state index contributed by atoms with van der Waals surface area (Å²) in [6.45, 7) is 12.4. The van der Waals surface area contributed by atoms with E-state index in [0.717, 1.165) is 27.1 Å². The number of rotatable bonds is 10. The van der Waals surface area contributed by atoms with Crippen LogP contribution in [0.25, 0.3) is 22.3 Å². The minimum atomic E-state index is -4.14. The van der Waals surface area contributed by atoms with Gasteiger partial charge >= 0.3 is 11.9 Å². The third kappa shape index (κ3) is 7.49. The van der Waals surface area contributed by atoms with E-state index >= 15 is 0 Å². The highest BCUT2D eigenvalue weighted by molar-refractivity contribution is 7.90. The lowest BCUT2D eigenvalue weighted by atomic mass is 9.80. The topological polar surface area (TPSA) is 178 Å². The predicted octanol–water partition coefficient (Wildman–Crippen LogP) is 5.48. The second-order valence-corrected chi connectivity index (χ2v) is 18.1. The SMILES string of the molecule is CC[C@@]1(OC(=O)[C@@H](C)N=C(CCOC2CC(C)(C)N([O])C(C)(C)C2)NS(=O)(=O)c2ccc(C)cc2)C(=O)OCc2c1cc1n(c2=O)Cc2cc3ccccc3nc2-1. The Hall–Kier alpha value is -4.96. The molecule has 0 spiro atoms. The number of sulfonamides is 1. The van der Waals surface area contributed by atoms with Gasteiger partial charge in [-0.2, -0.15) is 0 Å². The Morgan fingerprint density at radius 2 is 1.74 bits per heavy atom. The molecule has 1 N–H and O–H groups in total. The van der Waals surface area contributed by atoms with E-state index in [2.05, 4.69) is 9.71 Å². The summed E-state index contributed by atoms with van der Waals surface area (Å²) in [6.07, 6.45) is 0.551. The number of para-hydroxylation sites is 1. The summed E-state index contributed by atoms with van der Waals surface area (Å²) in [5, 5.41) is 14.9. The molecule has 4 aromatic rings. The van der Waals surface area contributed by atoms with Crippen molar-refractivity contribution in [1.29, 1.82) is 0 Å². The molecule has 5 heterocycles. The van der Waals surface area contributed by atoms with Crippen LogP contribution in [0.2, 0.25) is 0 Å². The highest BCUT2D eigenvalue weighted by atomic mass is 32.2. The van der Waals surface area contributed by atoms with Gasteiger partial charge in [-0.25, -0.2) is 23.0 Å². The Morgan fingerprint density at radius 3 is 2.42 bits per heavy atom. The second-order valence-electron chi connectivity index (χ2n) is 16.4. The monoisotopic (exact) mass is 798 g/mol. The van der Waals surface area contributed by atoms with Crippen LogP contribution < -0.4 is 10.3 Å². The van der Waals surface area contributed by atoms with Crippen LogP contribution in [0.3, 0.4) is 0 Å². The summed E-state index contributed by atoms with van der Waals surface area (Å²) in [5.41, 5.74) is 0.246. The molecule has 1 fully saturated rings. The van der Waals surface area contributed by atoms with Crippen molar-refractivity contribution in [3.63, 3.8) is 0 Å². The van der Waals surface area contributed by atoms with Gasteiger partial charge in [0.05, 0.1) is 46.6 Å². The number of cyclic esters (lactones) is 1. The van der Waals surface area contributed by atoms with Crippen molar-refractivity contribution >= 4 is 38.7 Å². The molecule has 0 bridgehead atoms. The summed E-state index contributed by atoms with van der Waals surface area (Å²) < 4.78 is 49.0. The molecule has 57 heavy (non-hydrogen) atoms. The van der Waals surface area contributed by atoms with Crippen LogP contribution in [0, 0.1) is 6.92 Å². The molecule has 3 aliphatic rings. The second kappa shape index (κ2) is 14.8. The lowest BCUT2D eigenvalue weighted by molar-refractivity contribution is -0.301. The van der Waals surface area contributed by atoms with E-state index < -0.39 is 44.7 Å². The number of nitrogens with one attached hydrogen (secondary N) is 1. The molecule has 0 unspecified atom stereocenters. The highest BCUT2D eigenvalue weighted by Gasteiger charge is 2.51. The van der Waals surface area contributed by atoms with Crippen LogP contribution in [-0.2, 0) is 57.8 Å². The molecule has 3 aliphatic heterocycles. The van der Waals surface area contributed by atoms with Gasteiger partial charge in [-0.3, -0.25) is 14.5 Å². The molecule has 14 nitrogen and oxygen atoms in total. The number of hydrogen-bond acceptors (Lipinski definition) is 11. The smallest absolute Gasteiger partial charge is 0.355 e. The number of hydrogen-bond donors (Lipinski definition) is 1. The maximum atomic E-state index is 14.0. The minimum absolute atomic E-state index is 0.00219. The van der Waals surface area contributed by atoms with E-state index in [1.165, 1.54) is 19.1 Å². The number of piperidine rings is 1. The summed E-state index contributed by atoms with van der Waals surface area (Å²) in [4.78, 5) is 51.1. The Kier molecular flexibility index (Phi) is 10.4. The molecule has 0 aliphatic carbocycles. The number of nitrogens with zero attached hydrogens (tertiary/aromatic N) is 4. The number of amidine groups is 1. The number of esters is 2. The van der Waals surface area contributed by atoms with Crippen LogP contribution in [-0.4, -0.2) is 70.6 Å². The number of aliphatic imine (C=N–C) groups is 1. The number of aromatic nitrogens is 2. The fraction of sp³-hybridized carbons (Fsp3) is 0.452. The maximum absolute atomic E-state index is 14.0. The Labute approximate surface area is 331 Å². The summed E-state index contributed by atoms with van der Waals surface area (Å²) in [7, 11) is -4.14. The normalized spacial score (nSPS) is 21.0. The first-order valence-electron chi connectivity index (χ1n) is 19.2. The van der Waals surface area contributed by atoms with Gasteiger partial charge in [0, 0.05) is 34.0 Å². The minimum Gasteiger partial charge on any atom is -0.457 e. The molecular formula is C42H48N5O9S. The Balaban J connectivity index is 1.18. The zero-order chi connectivity index (χ0) is 41.1. The Morgan fingerprint density at radius 1 is 1.05 bits per heavy atom. The van der Waals surface area contributed by atoms with Gasteiger partial charge in [0.25, 0.3) is 15.6 Å². The molecule has 0 amide bonds. The predicted molar refractivity (Wildman–Crippen MR) is 211 cm³/mol. The van der Waals surface area contributed by atoms with Crippen molar-refractivity contribution < 1.29 is 37.4 Å². The third-order valence-corrected chi connectivity index (χ3v) is 12.6. The first kappa shape index (κ1) is 40.2. The standard InChI is InChI=1S/C42H48N5O9S/c1-8-42(32-20-34-36-28(19-27-11-9-10-12-33(27)44-36)23-46(34)37(48)31(32)24-55-39(42)50)56-38(49)26(3)43-35(45-57(52,53)30-15-13-25(2)14-16-30)17-18-54-29-21-40(4,5)47(51)41(6,7)22-29/h9-16,19-20,26,29H,8,17-18,21-24H2,1-7H3,(H,43,45)/t26-,42+/m1/s1. The average molecular weight is 799 g/mol. The van der Waals surface area contributed by atoms with Gasteiger partial charge in [0.1, 0.15) is 18.5 Å². The van der Waals surface area contributed by atoms with E-state index in [9.17, 15) is 28.0 Å². The van der Waals surface area contributed by atoms with Gasteiger partial charge < -0.3 is 18.8 Å². The fourth-order valence-corrected chi connectivity index (χ4v) is 9.39. The maximum Gasteiger partial charge on any atom is 0.355 e. The molecule has 0 saturated carbocycles. The van der Waals surface area contributed by atoms with Crippen molar-refractivity contribution in [2.45, 2.75) is 121 Å². The molecule has 2 atom stereocenters. The molecule has 15 heteroatoms. The van der Waals surface area contributed by atoms with E-state index in [0.29, 0.717) is 24.2 Å². The lowest BCUT2D eigenvalue weighted by Gasteiger charge is -2.49. The number of benzene rings is 2. The van der Waals surface area contributed by atoms with Crippen molar-refractivity contribution in [3.8, 4) is 11.4 Å². The van der Waals surface area contributed by atoms with Gasteiger partial charge in [-0.15, -0.1) is 10.3 Å². The van der Waals surface area contributed by atoms with Crippen molar-refractivity contribution in [2.75, 3.05) is 6.61 Å². The number of hydroxylamine groups is 2. The first-order valence-corrected chi connectivity index (χ1v) is 20.6. The molecule has 1 saturated heterocycles. The number of aryl methyl sites for hydroxylation is 1. The molecule has 2 aromatic heterocycles. The lowest BCUT2D eigenvalue weighted by Crippen LogP contribution is -2.59. The van der Waals surface area contributed by atoms with Crippen LogP contribution in [0.15, 0.2) is 75.3 Å². The van der Waals surface area contributed by atoms with Gasteiger partial charge in [-0.05, 0) is 91.1 Å². The van der Waals surface area contributed by atoms with E-state index in [1.807, 2.05) is 65.0 Å². The number of ether oxygens (including phenoxy) is 3. The van der Waals surface area contributed by atoms with Crippen molar-refractivity contribution in [3.05, 3.63) is 93.3 Å². The average Bonchev–Trinajstić information content (AvgIpc) is 3.51. The van der Waals surface area contributed by atoms with Crippen LogP contribution in [0.5, 0.6) is 0 Å². The van der Waals surface area contributed by atoms with Gasteiger partial charge in [0.2, 0.25) is 5.60 Å². The quantitative estimate of drug-likeness (QED) is 0.108. The zero-order valence-corrected chi connectivity index (χ0v) is 34.1. The fourth-order valence-electron chi connectivity index (χ4n) is 8.31. The number of carbonyl (C=O) groups excluding carboxylic acids is 2. The number of fused-ring (bicyclic) bond motifs is 5. The third-order valence-electron chi connectivity index (χ3n) is 11.2. The number of pyridine rings is 2. The van der Waals surface area contributed by atoms with E-state index in [1.54, 1.807) is 29.7 Å². The molecule has 301 valence electrons. The van der Waals surface area contributed by atoms with E-state index in [4.69, 9.17) is 19.2 Å². The number of carbonyl (C=O) groups is 2. The molecule has 2 aromatic carbocycles. The van der Waals surface area contributed by atoms with Gasteiger partial charge in [0.15, 0.2) is 0 Å². The van der Waals surface area contributed by atoms with Crippen LogP contribution in [0.4, 0.5) is 0 Å². The Bertz CT molecular complexity index is 2440. The summed E-state index contributed by atoms with van der Waals surface area (Å²) in [6, 6.07) is 16.3. The largest absolute Gasteiger partial charge is 0.457 e. The van der Waals surface area contributed by atoms with Crippen molar-refractivity contribution in [1.82, 2.24) is 19.3 Å². The van der Waals surface area contributed by atoms with Gasteiger partial charge in [-0.1, -0.05) is 42.8 Å². The zero-order valence-electron chi connectivity index (χ0n) is 33.2. The van der Waals surface area contributed by atoms with Crippen LogP contribution >= 0.6 is 0 Å². The molecule has 7 rings (SSSR count).